The molecule has 1 saturated heterocycles. The van der Waals surface area contributed by atoms with E-state index in [-0.39, 0.29) is 22.7 Å². The summed E-state index contributed by atoms with van der Waals surface area (Å²) in [6.45, 7) is 2.09. The zero-order valence-electron chi connectivity index (χ0n) is 22.3. The standard InChI is InChI=1S/C30H41N3O3/c1-31(2)30(25-9-6-5-7-10-25)19-17-28(18-20-30)22-32(21-24-11-13-26(35-3)14-12-24)27(34)33(28)23-29(36-4)15-8-16-29/h5-7,9-14H,8,15-23H2,1-4H3/t28-,30+. The first-order valence-corrected chi connectivity index (χ1v) is 13.3. The molecule has 1 aliphatic heterocycles. The van der Waals surface area contributed by atoms with Gasteiger partial charge in [-0.15, -0.1) is 0 Å². The number of methoxy groups -OCH3 is 2. The maximum Gasteiger partial charge on any atom is 0.321 e. The lowest BCUT2D eigenvalue weighted by atomic mass is 9.67. The highest BCUT2D eigenvalue weighted by Crippen LogP contribution is 2.50. The lowest BCUT2D eigenvalue weighted by molar-refractivity contribution is -0.0996. The minimum absolute atomic E-state index is 0.0000439. The number of hydrogen-bond donors (Lipinski definition) is 0. The molecule has 0 unspecified atom stereocenters. The molecule has 0 atom stereocenters. The molecule has 2 aliphatic carbocycles. The zero-order chi connectivity index (χ0) is 25.4. The lowest BCUT2D eigenvalue weighted by Gasteiger charge is -2.53. The molecule has 0 bridgehead atoms. The molecule has 2 aromatic carbocycles. The van der Waals surface area contributed by atoms with Gasteiger partial charge in [-0.05, 0) is 82.3 Å². The Labute approximate surface area is 216 Å². The molecule has 3 fully saturated rings. The number of nitrogens with zero attached hydrogens (tertiary/aromatic N) is 3. The molecular formula is C30H41N3O3. The van der Waals surface area contributed by atoms with Crippen LogP contribution in [0.4, 0.5) is 4.79 Å². The van der Waals surface area contributed by atoms with Crippen LogP contribution in [0.25, 0.3) is 0 Å². The van der Waals surface area contributed by atoms with Crippen molar-refractivity contribution in [3.8, 4) is 5.75 Å². The molecule has 2 amide bonds. The molecule has 1 spiro atoms. The van der Waals surface area contributed by atoms with E-state index >= 15 is 0 Å². The summed E-state index contributed by atoms with van der Waals surface area (Å²) in [6, 6.07) is 19.2. The Morgan fingerprint density at radius 3 is 2.08 bits per heavy atom. The molecular weight excluding hydrogens is 450 g/mol. The lowest BCUT2D eigenvalue weighted by Crippen LogP contribution is -2.60. The van der Waals surface area contributed by atoms with Crippen molar-refractivity contribution in [2.45, 2.75) is 68.2 Å². The summed E-state index contributed by atoms with van der Waals surface area (Å²) in [7, 11) is 7.90. The van der Waals surface area contributed by atoms with Gasteiger partial charge in [-0.3, -0.25) is 4.90 Å². The molecule has 2 aromatic rings. The second-order valence-electron chi connectivity index (χ2n) is 11.3. The van der Waals surface area contributed by atoms with Gasteiger partial charge in [-0.25, -0.2) is 4.79 Å². The van der Waals surface area contributed by atoms with Crippen LogP contribution in [-0.4, -0.2) is 73.3 Å². The van der Waals surface area contributed by atoms with E-state index in [1.165, 1.54) is 12.0 Å². The zero-order valence-corrected chi connectivity index (χ0v) is 22.3. The number of benzene rings is 2. The van der Waals surface area contributed by atoms with Crippen molar-refractivity contribution in [2.75, 3.05) is 41.4 Å². The highest BCUT2D eigenvalue weighted by Gasteiger charge is 2.56. The Bertz CT molecular complexity index is 1040. The fourth-order valence-electron chi connectivity index (χ4n) is 6.78. The van der Waals surface area contributed by atoms with E-state index in [9.17, 15) is 4.79 Å². The molecule has 0 radical (unpaired) electrons. The van der Waals surface area contributed by atoms with Crippen molar-refractivity contribution in [3.05, 3.63) is 65.7 Å². The summed E-state index contributed by atoms with van der Waals surface area (Å²) < 4.78 is 11.3. The smallest absolute Gasteiger partial charge is 0.321 e. The molecule has 1 heterocycles. The Balaban J connectivity index is 1.42. The fraction of sp³-hybridized carbons (Fsp3) is 0.567. The van der Waals surface area contributed by atoms with Crippen LogP contribution in [0.3, 0.4) is 0 Å². The predicted molar refractivity (Wildman–Crippen MR) is 142 cm³/mol. The first-order valence-electron chi connectivity index (χ1n) is 13.3. The minimum Gasteiger partial charge on any atom is -0.497 e. The van der Waals surface area contributed by atoms with Crippen LogP contribution in [0.2, 0.25) is 0 Å². The highest BCUT2D eigenvalue weighted by atomic mass is 16.5. The minimum atomic E-state index is -0.186. The van der Waals surface area contributed by atoms with Crippen LogP contribution in [0.15, 0.2) is 54.6 Å². The molecule has 194 valence electrons. The third-order valence-electron chi connectivity index (χ3n) is 9.41. The largest absolute Gasteiger partial charge is 0.497 e. The van der Waals surface area contributed by atoms with Gasteiger partial charge >= 0.3 is 6.03 Å². The van der Waals surface area contributed by atoms with E-state index in [1.54, 1.807) is 7.11 Å². The van der Waals surface area contributed by atoms with E-state index in [0.29, 0.717) is 13.1 Å². The maximum atomic E-state index is 14.0. The van der Waals surface area contributed by atoms with E-state index < -0.39 is 0 Å². The van der Waals surface area contributed by atoms with Gasteiger partial charge in [0.15, 0.2) is 0 Å². The number of carbonyl (C=O) groups is 1. The van der Waals surface area contributed by atoms with Crippen LogP contribution in [0.1, 0.15) is 56.1 Å². The van der Waals surface area contributed by atoms with Crippen molar-refractivity contribution in [2.24, 2.45) is 0 Å². The number of urea groups is 1. The van der Waals surface area contributed by atoms with Gasteiger partial charge in [0.25, 0.3) is 0 Å². The summed E-state index contributed by atoms with van der Waals surface area (Å²) in [6.07, 6.45) is 7.29. The average molecular weight is 492 g/mol. The van der Waals surface area contributed by atoms with Crippen molar-refractivity contribution in [1.29, 1.82) is 0 Å². The van der Waals surface area contributed by atoms with Crippen LogP contribution in [-0.2, 0) is 16.8 Å². The van der Waals surface area contributed by atoms with Gasteiger partial charge in [0.2, 0.25) is 0 Å². The Hall–Kier alpha value is -2.57. The van der Waals surface area contributed by atoms with Gasteiger partial charge in [-0.1, -0.05) is 42.5 Å². The third-order valence-corrected chi connectivity index (χ3v) is 9.41. The van der Waals surface area contributed by atoms with E-state index in [2.05, 4.69) is 71.3 Å². The average Bonchev–Trinajstić information content (AvgIpc) is 3.12. The van der Waals surface area contributed by atoms with Gasteiger partial charge < -0.3 is 19.3 Å². The van der Waals surface area contributed by atoms with Gasteiger partial charge in [-0.2, -0.15) is 0 Å². The topological polar surface area (TPSA) is 45.2 Å². The predicted octanol–water partition coefficient (Wildman–Crippen LogP) is 5.27. The summed E-state index contributed by atoms with van der Waals surface area (Å²) in [5.41, 5.74) is 2.17. The molecule has 0 N–H and O–H groups in total. The van der Waals surface area contributed by atoms with Crippen LogP contribution < -0.4 is 4.74 Å². The van der Waals surface area contributed by atoms with Crippen LogP contribution in [0.5, 0.6) is 5.75 Å². The second-order valence-corrected chi connectivity index (χ2v) is 11.3. The first kappa shape index (κ1) is 25.1. The number of amides is 2. The SMILES string of the molecule is COc1ccc(CN2C[C@]3(CC[C@](c4ccccc4)(N(C)C)CC3)N(CC3(OC)CCC3)C2=O)cc1. The van der Waals surface area contributed by atoms with Crippen molar-refractivity contribution in [3.63, 3.8) is 0 Å². The molecule has 3 aliphatic rings. The van der Waals surface area contributed by atoms with Crippen molar-refractivity contribution >= 4 is 6.03 Å². The van der Waals surface area contributed by atoms with E-state index in [1.807, 2.05) is 19.2 Å². The number of carbonyl (C=O) groups excluding carboxylic acids is 1. The quantitative estimate of drug-likeness (QED) is 0.505. The van der Waals surface area contributed by atoms with Gasteiger partial charge in [0.1, 0.15) is 5.75 Å². The molecule has 36 heavy (non-hydrogen) atoms. The molecule has 5 rings (SSSR count). The highest BCUT2D eigenvalue weighted by molar-refractivity contribution is 5.78. The number of ether oxygens (including phenoxy) is 2. The van der Waals surface area contributed by atoms with Gasteiger partial charge in [0.05, 0.1) is 24.8 Å². The summed E-state index contributed by atoms with van der Waals surface area (Å²) in [5, 5.41) is 0. The van der Waals surface area contributed by atoms with Crippen molar-refractivity contribution < 1.29 is 14.3 Å². The Morgan fingerprint density at radius 2 is 1.56 bits per heavy atom. The maximum absolute atomic E-state index is 14.0. The Kier molecular flexibility index (Phi) is 6.77. The molecule has 6 heteroatoms. The normalized spacial score (nSPS) is 27.5. The molecule has 6 nitrogen and oxygen atoms in total. The monoisotopic (exact) mass is 491 g/mol. The second kappa shape index (κ2) is 9.71. The van der Waals surface area contributed by atoms with Crippen LogP contribution >= 0.6 is 0 Å². The van der Waals surface area contributed by atoms with E-state index in [4.69, 9.17) is 9.47 Å². The number of hydrogen-bond acceptors (Lipinski definition) is 4. The van der Waals surface area contributed by atoms with Crippen LogP contribution in [0, 0.1) is 0 Å². The fourth-order valence-corrected chi connectivity index (χ4v) is 6.78. The third kappa shape index (κ3) is 4.28. The van der Waals surface area contributed by atoms with Gasteiger partial charge in [0, 0.05) is 25.7 Å². The Morgan fingerprint density at radius 1 is 0.889 bits per heavy atom. The number of rotatable bonds is 8. The summed E-state index contributed by atoms with van der Waals surface area (Å²) in [4.78, 5) is 20.6. The van der Waals surface area contributed by atoms with E-state index in [0.717, 1.165) is 56.4 Å². The molecule has 0 aromatic heterocycles. The summed E-state index contributed by atoms with van der Waals surface area (Å²) >= 11 is 0. The van der Waals surface area contributed by atoms with Crippen molar-refractivity contribution in [1.82, 2.24) is 14.7 Å². The summed E-state index contributed by atoms with van der Waals surface area (Å²) in [5.74, 6) is 0.838. The first-order chi connectivity index (χ1) is 17.4. The molecule has 2 saturated carbocycles.